The Bertz CT molecular complexity index is 672. The van der Waals surface area contributed by atoms with Crippen LogP contribution in [0.25, 0.3) is 11.1 Å². The smallest absolute Gasteiger partial charge is 0.316 e. The molecule has 0 bridgehead atoms. The number of aliphatic hydroxyl groups excluding tert-OH is 1. The summed E-state index contributed by atoms with van der Waals surface area (Å²) in [6.07, 6.45) is 1.27. The Morgan fingerprint density at radius 3 is 3.05 bits per heavy atom. The molecule has 0 saturated carbocycles. The fourth-order valence-electron chi connectivity index (χ4n) is 1.61. The van der Waals surface area contributed by atoms with Gasteiger partial charge < -0.3 is 9.52 Å². The molecule has 1 aromatic carbocycles. The lowest BCUT2D eigenvalue weighted by Gasteiger charge is -1.92. The number of rotatable bonds is 3. The van der Waals surface area contributed by atoms with Crippen LogP contribution in [-0.4, -0.2) is 27.2 Å². The van der Waals surface area contributed by atoms with Crippen molar-refractivity contribution in [3.05, 3.63) is 35.6 Å². The van der Waals surface area contributed by atoms with Crippen molar-refractivity contribution in [2.24, 2.45) is 5.10 Å². The maximum atomic E-state index is 11.4. The van der Waals surface area contributed by atoms with Gasteiger partial charge in [0.2, 0.25) is 5.12 Å². The van der Waals surface area contributed by atoms with E-state index < -0.39 is 0 Å². The van der Waals surface area contributed by atoms with Crippen LogP contribution in [0.4, 0.5) is 6.01 Å². The molecule has 1 aromatic heterocycles. The summed E-state index contributed by atoms with van der Waals surface area (Å²) < 4.78 is 5.38. The highest BCUT2D eigenvalue weighted by Crippen LogP contribution is 2.23. The number of carbonyl (C=O) groups excluding carboxylic acids is 1. The lowest BCUT2D eigenvalue weighted by molar-refractivity contribution is -0.107. The van der Waals surface area contributed by atoms with Crippen LogP contribution in [0.15, 0.2) is 45.1 Å². The summed E-state index contributed by atoms with van der Waals surface area (Å²) in [4.78, 5) is 15.5. The first-order valence-corrected chi connectivity index (χ1v) is 6.46. The number of nitrogens with one attached hydrogen (secondary N) is 1. The molecule has 0 saturated heterocycles. The first kappa shape index (κ1) is 11.8. The monoisotopic (exact) mass is 275 g/mol. The van der Waals surface area contributed by atoms with Crippen LogP contribution in [0.5, 0.6) is 0 Å². The van der Waals surface area contributed by atoms with E-state index in [-0.39, 0.29) is 22.5 Å². The molecule has 1 aliphatic heterocycles. The van der Waals surface area contributed by atoms with Gasteiger partial charge in [0.15, 0.2) is 5.58 Å². The van der Waals surface area contributed by atoms with Gasteiger partial charge in [0.05, 0.1) is 17.5 Å². The number of aromatic nitrogens is 1. The van der Waals surface area contributed by atoms with Gasteiger partial charge in [-0.3, -0.25) is 4.79 Å². The molecule has 0 aliphatic carbocycles. The maximum Gasteiger partial charge on any atom is 0.316 e. The first-order valence-electron chi connectivity index (χ1n) is 5.48. The number of carbonyl (C=O) groups is 1. The van der Waals surface area contributed by atoms with Crippen LogP contribution in [0, 0.1) is 0 Å². The Kier molecular flexibility index (Phi) is 2.96. The molecule has 0 fully saturated rings. The van der Waals surface area contributed by atoms with Crippen LogP contribution >= 0.6 is 11.8 Å². The third kappa shape index (κ3) is 2.32. The summed E-state index contributed by atoms with van der Waals surface area (Å²) in [6, 6.07) is 7.55. The number of nitrogens with zero attached hydrogens (tertiary/aromatic N) is 2. The van der Waals surface area contributed by atoms with E-state index in [2.05, 4.69) is 15.5 Å². The highest BCUT2D eigenvalue weighted by molar-refractivity contribution is 8.14. The molecular weight excluding hydrogens is 266 g/mol. The second-order valence-corrected chi connectivity index (χ2v) is 4.74. The number of aliphatic hydroxyl groups is 1. The molecule has 0 radical (unpaired) electrons. The molecule has 96 valence electrons. The molecule has 0 atom stereocenters. The van der Waals surface area contributed by atoms with Crippen LogP contribution in [0.2, 0.25) is 0 Å². The number of fused-ring (bicyclic) bond motifs is 1. The van der Waals surface area contributed by atoms with E-state index in [1.54, 1.807) is 6.07 Å². The Hall–Kier alpha value is -2.28. The molecule has 0 spiro atoms. The van der Waals surface area contributed by atoms with Gasteiger partial charge in [0.1, 0.15) is 11.3 Å². The van der Waals surface area contributed by atoms with Crippen molar-refractivity contribution in [1.82, 2.24) is 4.98 Å². The largest absolute Gasteiger partial charge is 0.511 e. The first-order chi connectivity index (χ1) is 9.24. The standard InChI is InChI=1S/C12H9N3O3S/c16-9-6-19-11(17)7(9)5-13-15-12-14-8-3-1-2-4-10(8)18-12/h1-5,16H,6H2,(H,14,15)/b13-5-. The molecule has 7 heteroatoms. The van der Waals surface area contributed by atoms with Crippen molar-refractivity contribution < 1.29 is 14.3 Å². The highest BCUT2D eigenvalue weighted by Gasteiger charge is 2.21. The molecule has 1 aliphatic rings. The summed E-state index contributed by atoms with van der Waals surface area (Å²) in [5.74, 6) is 0.335. The minimum absolute atomic E-state index is 0.0399. The van der Waals surface area contributed by atoms with Crippen LogP contribution < -0.4 is 5.43 Å². The van der Waals surface area contributed by atoms with Crippen LogP contribution in [0.3, 0.4) is 0 Å². The van der Waals surface area contributed by atoms with E-state index in [4.69, 9.17) is 4.42 Å². The van der Waals surface area contributed by atoms with E-state index in [9.17, 15) is 9.90 Å². The van der Waals surface area contributed by atoms with Crippen molar-refractivity contribution in [2.75, 3.05) is 11.2 Å². The molecular formula is C12H9N3O3S. The van der Waals surface area contributed by atoms with Gasteiger partial charge in [-0.25, -0.2) is 5.43 Å². The number of thioether (sulfide) groups is 1. The SMILES string of the molecule is O=C1SCC(O)=C1/C=N\Nc1nc2ccccc2o1. The summed E-state index contributed by atoms with van der Waals surface area (Å²) in [6.45, 7) is 0. The highest BCUT2D eigenvalue weighted by atomic mass is 32.2. The Labute approximate surface area is 112 Å². The third-order valence-corrected chi connectivity index (χ3v) is 3.42. The fraction of sp³-hybridized carbons (Fsp3) is 0.0833. The molecule has 0 unspecified atom stereocenters. The lowest BCUT2D eigenvalue weighted by Crippen LogP contribution is -1.98. The lowest BCUT2D eigenvalue weighted by atomic mass is 10.3. The average Bonchev–Trinajstić information content (AvgIpc) is 2.95. The van der Waals surface area contributed by atoms with Gasteiger partial charge in [-0.1, -0.05) is 23.9 Å². The molecule has 2 N–H and O–H groups in total. The summed E-state index contributed by atoms with van der Waals surface area (Å²) >= 11 is 1.04. The fourth-order valence-corrected chi connectivity index (χ4v) is 2.36. The van der Waals surface area contributed by atoms with E-state index in [0.717, 1.165) is 17.3 Å². The Balaban J connectivity index is 1.75. The van der Waals surface area contributed by atoms with Crippen molar-refractivity contribution >= 4 is 40.2 Å². The van der Waals surface area contributed by atoms with Gasteiger partial charge in [0.25, 0.3) is 0 Å². The topological polar surface area (TPSA) is 87.7 Å². The summed E-state index contributed by atoms with van der Waals surface area (Å²) in [5, 5.41) is 13.1. The van der Waals surface area contributed by atoms with E-state index in [1.165, 1.54) is 6.21 Å². The summed E-state index contributed by atoms with van der Waals surface area (Å²) in [7, 11) is 0. The second kappa shape index (κ2) is 4.77. The second-order valence-electron chi connectivity index (χ2n) is 3.79. The minimum Gasteiger partial charge on any atom is -0.511 e. The number of oxazole rings is 1. The molecule has 0 amide bonds. The zero-order valence-corrected chi connectivity index (χ0v) is 10.5. The van der Waals surface area contributed by atoms with Crippen molar-refractivity contribution in [2.45, 2.75) is 0 Å². The molecule has 6 nitrogen and oxygen atoms in total. The van der Waals surface area contributed by atoms with Crippen LogP contribution in [-0.2, 0) is 4.79 Å². The van der Waals surface area contributed by atoms with Gasteiger partial charge in [-0.2, -0.15) is 10.1 Å². The number of hydrogen-bond donors (Lipinski definition) is 2. The van der Waals surface area contributed by atoms with Crippen molar-refractivity contribution in [3.8, 4) is 0 Å². The maximum absolute atomic E-state index is 11.4. The van der Waals surface area contributed by atoms with Gasteiger partial charge in [0, 0.05) is 0 Å². The average molecular weight is 275 g/mol. The number of benzene rings is 1. The van der Waals surface area contributed by atoms with E-state index in [0.29, 0.717) is 11.3 Å². The van der Waals surface area contributed by atoms with E-state index in [1.807, 2.05) is 18.2 Å². The molecule has 2 aromatic rings. The number of anilines is 1. The Morgan fingerprint density at radius 2 is 2.32 bits per heavy atom. The molecule has 2 heterocycles. The van der Waals surface area contributed by atoms with Gasteiger partial charge in [-0.15, -0.1) is 0 Å². The molecule has 19 heavy (non-hydrogen) atoms. The van der Waals surface area contributed by atoms with Crippen molar-refractivity contribution in [3.63, 3.8) is 0 Å². The zero-order valence-electron chi connectivity index (χ0n) is 9.66. The summed E-state index contributed by atoms with van der Waals surface area (Å²) in [5.41, 5.74) is 4.15. The minimum atomic E-state index is -0.194. The van der Waals surface area contributed by atoms with Gasteiger partial charge >= 0.3 is 6.01 Å². The predicted octanol–water partition coefficient (Wildman–Crippen LogP) is 2.31. The Morgan fingerprint density at radius 1 is 1.47 bits per heavy atom. The van der Waals surface area contributed by atoms with Gasteiger partial charge in [-0.05, 0) is 12.1 Å². The van der Waals surface area contributed by atoms with Crippen molar-refractivity contribution in [1.29, 1.82) is 0 Å². The third-order valence-electron chi connectivity index (χ3n) is 2.52. The van der Waals surface area contributed by atoms with Crippen LogP contribution in [0.1, 0.15) is 0 Å². The normalized spacial score (nSPS) is 15.9. The quantitative estimate of drug-likeness (QED) is 0.660. The molecule has 3 rings (SSSR count). The number of hydrogen-bond acceptors (Lipinski definition) is 7. The number of para-hydroxylation sites is 2. The van der Waals surface area contributed by atoms with E-state index >= 15 is 0 Å². The number of hydrazone groups is 1. The zero-order chi connectivity index (χ0) is 13.2. The predicted molar refractivity (Wildman–Crippen MR) is 73.2 cm³/mol.